The number of allylic oxidation sites excluding steroid dienone is 6. The second-order valence-electron chi connectivity index (χ2n) is 24.5. The molecule has 0 radical (unpaired) electrons. The van der Waals surface area contributed by atoms with Gasteiger partial charge in [-0.2, -0.15) is 0 Å². The molecule has 1 unspecified atom stereocenters. The van der Waals surface area contributed by atoms with Crippen LogP contribution >= 0.6 is 0 Å². The molecule has 0 aromatic rings. The van der Waals surface area contributed by atoms with E-state index < -0.39 is 6.10 Å². The molecule has 1 atom stereocenters. The molecule has 0 rings (SSSR count). The molecule has 0 amide bonds. The van der Waals surface area contributed by atoms with Crippen molar-refractivity contribution in [1.82, 2.24) is 0 Å². The lowest BCUT2D eigenvalue weighted by Gasteiger charge is -2.18. The highest BCUT2D eigenvalue weighted by atomic mass is 16.6. The van der Waals surface area contributed by atoms with E-state index in [1.165, 1.54) is 295 Å². The van der Waals surface area contributed by atoms with Crippen LogP contribution in [0, 0.1) is 0 Å². The zero-order valence-corrected chi connectivity index (χ0v) is 54.1. The third kappa shape index (κ3) is 66.4. The monoisotopic (exact) mass is 1120 g/mol. The molecule has 6 nitrogen and oxygen atoms in total. The van der Waals surface area contributed by atoms with Gasteiger partial charge in [0, 0.05) is 19.3 Å². The van der Waals surface area contributed by atoms with Crippen LogP contribution in [0.15, 0.2) is 36.5 Å². The van der Waals surface area contributed by atoms with Gasteiger partial charge in [0.05, 0.1) is 0 Å². The number of unbranched alkanes of at least 4 members (excludes halogenated alkanes) is 50. The molecule has 0 aliphatic heterocycles. The van der Waals surface area contributed by atoms with Crippen LogP contribution in [0.4, 0.5) is 0 Å². The van der Waals surface area contributed by atoms with E-state index in [4.69, 9.17) is 14.2 Å². The Morgan fingerprint density at radius 1 is 0.250 bits per heavy atom. The maximum atomic E-state index is 12.9. The molecule has 0 aromatic heterocycles. The first-order chi connectivity index (χ1) is 39.5. The second kappa shape index (κ2) is 69.1. The van der Waals surface area contributed by atoms with Gasteiger partial charge in [-0.15, -0.1) is 0 Å². The highest BCUT2D eigenvalue weighted by Crippen LogP contribution is 2.18. The minimum Gasteiger partial charge on any atom is -0.462 e. The number of esters is 3. The van der Waals surface area contributed by atoms with E-state index >= 15 is 0 Å². The second-order valence-corrected chi connectivity index (χ2v) is 24.5. The molecule has 6 heteroatoms. The maximum Gasteiger partial charge on any atom is 0.306 e. The van der Waals surface area contributed by atoms with Crippen molar-refractivity contribution in [3.8, 4) is 0 Å². The lowest BCUT2D eigenvalue weighted by Crippen LogP contribution is -2.30. The minimum atomic E-state index is -0.772. The van der Waals surface area contributed by atoms with Crippen molar-refractivity contribution in [1.29, 1.82) is 0 Å². The summed E-state index contributed by atoms with van der Waals surface area (Å²) < 4.78 is 17.0. The minimum absolute atomic E-state index is 0.0677. The van der Waals surface area contributed by atoms with Crippen LogP contribution in [-0.2, 0) is 28.6 Å². The van der Waals surface area contributed by atoms with E-state index in [-0.39, 0.29) is 31.1 Å². The molecule has 0 aliphatic carbocycles. The maximum absolute atomic E-state index is 12.9. The van der Waals surface area contributed by atoms with Crippen LogP contribution in [0.2, 0.25) is 0 Å². The molecule has 0 aliphatic rings. The van der Waals surface area contributed by atoms with Gasteiger partial charge in [-0.3, -0.25) is 14.4 Å². The van der Waals surface area contributed by atoms with Crippen LogP contribution in [0.3, 0.4) is 0 Å². The summed E-state index contributed by atoms with van der Waals surface area (Å²) in [5.74, 6) is -0.841. The van der Waals surface area contributed by atoms with Crippen molar-refractivity contribution < 1.29 is 28.6 Å². The van der Waals surface area contributed by atoms with Gasteiger partial charge in [0.25, 0.3) is 0 Å². The normalized spacial score (nSPS) is 12.2. The topological polar surface area (TPSA) is 78.9 Å². The molecule has 0 saturated carbocycles. The van der Waals surface area contributed by atoms with E-state index in [1.54, 1.807) is 0 Å². The van der Waals surface area contributed by atoms with E-state index in [0.717, 1.165) is 64.2 Å². The van der Waals surface area contributed by atoms with E-state index in [0.29, 0.717) is 19.3 Å². The van der Waals surface area contributed by atoms with Crippen molar-refractivity contribution in [2.45, 2.75) is 406 Å². The molecule has 0 bridgehead atoms. The molecule has 0 aromatic carbocycles. The quantitative estimate of drug-likeness (QED) is 0.0261. The zero-order valence-electron chi connectivity index (χ0n) is 54.1. The van der Waals surface area contributed by atoms with Crippen molar-refractivity contribution in [2.24, 2.45) is 0 Å². The number of ether oxygens (including phenoxy) is 3. The highest BCUT2D eigenvalue weighted by Gasteiger charge is 2.19. The Labute approximate surface area is 499 Å². The Balaban J connectivity index is 4.21. The lowest BCUT2D eigenvalue weighted by atomic mass is 10.0. The third-order valence-electron chi connectivity index (χ3n) is 16.4. The van der Waals surface area contributed by atoms with Crippen LogP contribution in [-0.4, -0.2) is 37.2 Å². The third-order valence-corrected chi connectivity index (χ3v) is 16.4. The Bertz CT molecular complexity index is 1340. The number of hydrogen-bond donors (Lipinski definition) is 0. The van der Waals surface area contributed by atoms with E-state index in [9.17, 15) is 14.4 Å². The molecular formula is C74H138O6. The Hall–Kier alpha value is -2.37. The van der Waals surface area contributed by atoms with Gasteiger partial charge >= 0.3 is 17.9 Å². The predicted octanol–water partition coefficient (Wildman–Crippen LogP) is 24.7. The molecule has 0 fully saturated rings. The van der Waals surface area contributed by atoms with Crippen molar-refractivity contribution in [3.63, 3.8) is 0 Å². The summed E-state index contributed by atoms with van der Waals surface area (Å²) >= 11 is 0. The van der Waals surface area contributed by atoms with Gasteiger partial charge in [-0.05, 0) is 77.0 Å². The summed E-state index contributed by atoms with van der Waals surface area (Å²) in [5, 5.41) is 0. The molecule has 0 spiro atoms. The number of hydrogen-bond acceptors (Lipinski definition) is 6. The summed E-state index contributed by atoms with van der Waals surface area (Å²) in [6.07, 6.45) is 86.0. The Kier molecular flexibility index (Phi) is 67.1. The SMILES string of the molecule is CCCCCCC/C=C\C/C=C\CCCCCCCCCCCCCCCCCCCC(=O)OCC(COC(=O)CCCCCCCCCCCCCCCCC)OC(=O)CCCCCCCCC/C=C\CCCCCCCCC. The van der Waals surface area contributed by atoms with Crippen molar-refractivity contribution in [2.75, 3.05) is 13.2 Å². The van der Waals surface area contributed by atoms with Gasteiger partial charge in [0.1, 0.15) is 13.2 Å². The fraction of sp³-hybridized carbons (Fsp3) is 0.878. The molecule has 470 valence electrons. The molecule has 0 N–H and O–H groups in total. The average molecular weight is 1120 g/mol. The highest BCUT2D eigenvalue weighted by molar-refractivity contribution is 5.71. The number of carbonyl (C=O) groups is 3. The standard InChI is InChI=1S/C74H138O6/c1-4-7-10-13-16-19-22-25-28-30-32-33-34-35-36-37-38-39-40-41-42-44-46-49-52-55-58-61-64-67-73(76)79-70-71(69-78-72(75)66-63-60-57-54-51-48-45-27-24-21-18-15-12-9-6-3)80-74(77)68-65-62-59-56-53-50-47-43-31-29-26-23-20-17-14-11-8-5-2/h22,25,29-32,71H,4-21,23-24,26-28,33-70H2,1-3H3/b25-22-,31-29-,32-30-. The van der Waals surface area contributed by atoms with Crippen LogP contribution in [0.25, 0.3) is 0 Å². The van der Waals surface area contributed by atoms with Crippen LogP contribution in [0.1, 0.15) is 400 Å². The van der Waals surface area contributed by atoms with Gasteiger partial charge in [0.15, 0.2) is 6.10 Å². The van der Waals surface area contributed by atoms with Gasteiger partial charge in [-0.25, -0.2) is 0 Å². The van der Waals surface area contributed by atoms with Gasteiger partial charge in [0.2, 0.25) is 0 Å². The fourth-order valence-corrected chi connectivity index (χ4v) is 10.9. The van der Waals surface area contributed by atoms with Crippen LogP contribution < -0.4 is 0 Å². The fourth-order valence-electron chi connectivity index (χ4n) is 10.9. The summed E-state index contributed by atoms with van der Waals surface area (Å²) in [4.78, 5) is 38.4. The molecule has 0 heterocycles. The van der Waals surface area contributed by atoms with E-state index in [2.05, 4.69) is 57.2 Å². The molecular weight excluding hydrogens is 985 g/mol. The summed E-state index contributed by atoms with van der Waals surface area (Å²) in [6.45, 7) is 6.70. The molecule has 0 saturated heterocycles. The van der Waals surface area contributed by atoms with E-state index in [1.807, 2.05) is 0 Å². The van der Waals surface area contributed by atoms with Gasteiger partial charge in [-0.1, -0.05) is 340 Å². The molecule has 80 heavy (non-hydrogen) atoms. The summed E-state index contributed by atoms with van der Waals surface area (Å²) in [5.41, 5.74) is 0. The largest absolute Gasteiger partial charge is 0.462 e. The van der Waals surface area contributed by atoms with Crippen molar-refractivity contribution >= 4 is 17.9 Å². The zero-order chi connectivity index (χ0) is 57.8. The number of carbonyl (C=O) groups excluding carboxylic acids is 3. The average Bonchev–Trinajstić information content (AvgIpc) is 3.46. The summed E-state index contributed by atoms with van der Waals surface area (Å²) in [7, 11) is 0. The number of rotatable bonds is 67. The first kappa shape index (κ1) is 77.6. The van der Waals surface area contributed by atoms with Crippen molar-refractivity contribution in [3.05, 3.63) is 36.5 Å². The summed E-state index contributed by atoms with van der Waals surface area (Å²) in [6, 6.07) is 0. The Morgan fingerprint density at radius 3 is 0.700 bits per heavy atom. The first-order valence-corrected chi connectivity index (χ1v) is 36.0. The van der Waals surface area contributed by atoms with Gasteiger partial charge < -0.3 is 14.2 Å². The Morgan fingerprint density at radius 2 is 0.450 bits per heavy atom. The first-order valence-electron chi connectivity index (χ1n) is 36.0. The van der Waals surface area contributed by atoms with Crippen LogP contribution in [0.5, 0.6) is 0 Å². The predicted molar refractivity (Wildman–Crippen MR) is 349 cm³/mol. The lowest BCUT2D eigenvalue weighted by molar-refractivity contribution is -0.167. The smallest absolute Gasteiger partial charge is 0.306 e.